The van der Waals surface area contributed by atoms with Gasteiger partial charge in [0.15, 0.2) is 0 Å². The highest BCUT2D eigenvalue weighted by molar-refractivity contribution is 6.02. The monoisotopic (exact) mass is 421 g/mol. The largest absolute Gasteiger partial charge is 0.356 e. The number of pyridine rings is 1. The van der Waals surface area contributed by atoms with Crippen LogP contribution in [0.5, 0.6) is 0 Å². The van der Waals surface area contributed by atoms with Gasteiger partial charge in [-0.05, 0) is 43.5 Å². The number of amides is 2. The number of hydrogen-bond acceptors (Lipinski definition) is 6. The second kappa shape index (κ2) is 10.2. The summed E-state index contributed by atoms with van der Waals surface area (Å²) in [6, 6.07) is 13.6. The maximum atomic E-state index is 13.1. The number of fused-ring (bicyclic) bond motifs is 1. The summed E-state index contributed by atoms with van der Waals surface area (Å²) in [5.74, 6) is 0.0383. The highest BCUT2D eigenvalue weighted by atomic mass is 16.5. The second-order valence-corrected chi connectivity index (χ2v) is 7.71. The molecule has 0 bridgehead atoms. The van der Waals surface area contributed by atoms with Crippen molar-refractivity contribution in [3.63, 3.8) is 0 Å². The molecule has 162 valence electrons. The average Bonchev–Trinajstić information content (AvgIpc) is 3.23. The molecule has 1 aliphatic heterocycles. The van der Waals surface area contributed by atoms with Crippen molar-refractivity contribution >= 4 is 22.8 Å². The van der Waals surface area contributed by atoms with Crippen LogP contribution in [0.4, 0.5) is 0 Å². The van der Waals surface area contributed by atoms with E-state index in [0.717, 1.165) is 24.9 Å². The van der Waals surface area contributed by atoms with Crippen LogP contribution in [0.15, 0.2) is 53.2 Å². The molecule has 1 aromatic carbocycles. The van der Waals surface area contributed by atoms with Crippen LogP contribution in [0.3, 0.4) is 0 Å². The number of nitrogens with one attached hydrogen (secondary N) is 2. The van der Waals surface area contributed by atoms with Crippen molar-refractivity contribution in [3.8, 4) is 0 Å². The Morgan fingerprint density at radius 1 is 1.03 bits per heavy atom. The van der Waals surface area contributed by atoms with Crippen molar-refractivity contribution in [2.24, 2.45) is 0 Å². The van der Waals surface area contributed by atoms with E-state index in [1.54, 1.807) is 23.2 Å². The normalized spacial score (nSPS) is 19.2. The third kappa shape index (κ3) is 5.27. The Balaban J connectivity index is 1.43. The van der Waals surface area contributed by atoms with Crippen LogP contribution in [-0.4, -0.2) is 53.0 Å². The SMILES string of the molecule is O=C1CC(c2ccccc2)NCCCCN(C(=O)c2onc3ncccc23)CCCN1. The van der Waals surface area contributed by atoms with Crippen LogP contribution < -0.4 is 10.6 Å². The van der Waals surface area contributed by atoms with E-state index < -0.39 is 0 Å². The molecule has 1 atom stereocenters. The molecule has 0 aliphatic carbocycles. The van der Waals surface area contributed by atoms with E-state index in [4.69, 9.17) is 4.52 Å². The molecule has 0 spiro atoms. The molecule has 3 heterocycles. The molecule has 2 amide bonds. The van der Waals surface area contributed by atoms with E-state index in [0.29, 0.717) is 43.5 Å². The Bertz CT molecular complexity index is 1020. The van der Waals surface area contributed by atoms with Crippen LogP contribution in [0.25, 0.3) is 11.0 Å². The van der Waals surface area contributed by atoms with Gasteiger partial charge in [0, 0.05) is 38.3 Å². The van der Waals surface area contributed by atoms with Gasteiger partial charge in [0.05, 0.1) is 5.39 Å². The Kier molecular flexibility index (Phi) is 6.89. The fraction of sp³-hybridized carbons (Fsp3) is 0.391. The summed E-state index contributed by atoms with van der Waals surface area (Å²) in [6.07, 6.45) is 4.44. The molecule has 31 heavy (non-hydrogen) atoms. The predicted octanol–water partition coefficient (Wildman–Crippen LogP) is 2.69. The Morgan fingerprint density at radius 3 is 2.74 bits per heavy atom. The van der Waals surface area contributed by atoms with Gasteiger partial charge in [-0.25, -0.2) is 4.98 Å². The Hall–Kier alpha value is -3.26. The van der Waals surface area contributed by atoms with Gasteiger partial charge in [-0.2, -0.15) is 0 Å². The number of rotatable bonds is 2. The van der Waals surface area contributed by atoms with Gasteiger partial charge in [0.2, 0.25) is 17.3 Å². The molecule has 4 rings (SSSR count). The van der Waals surface area contributed by atoms with E-state index in [9.17, 15) is 9.59 Å². The van der Waals surface area contributed by atoms with Crippen LogP contribution in [-0.2, 0) is 4.79 Å². The van der Waals surface area contributed by atoms with Crippen molar-refractivity contribution in [2.75, 3.05) is 26.2 Å². The standard InChI is InChI=1S/C23H27N5O3/c29-20-16-19(17-8-2-1-3-9-17)24-11-4-5-14-28(15-7-13-25-20)23(30)21-18-10-6-12-26-22(18)27-31-21/h1-3,6,8-10,12,19,24H,4-5,7,11,13-16H2,(H,25,29). The highest BCUT2D eigenvalue weighted by Gasteiger charge is 2.23. The van der Waals surface area contributed by atoms with Crippen molar-refractivity contribution < 1.29 is 14.1 Å². The van der Waals surface area contributed by atoms with Crippen molar-refractivity contribution in [1.29, 1.82) is 0 Å². The lowest BCUT2D eigenvalue weighted by atomic mass is 10.0. The van der Waals surface area contributed by atoms with E-state index in [1.165, 1.54) is 0 Å². The second-order valence-electron chi connectivity index (χ2n) is 7.71. The highest BCUT2D eigenvalue weighted by Crippen LogP contribution is 2.19. The lowest BCUT2D eigenvalue weighted by molar-refractivity contribution is -0.121. The van der Waals surface area contributed by atoms with Crippen LogP contribution in [0.2, 0.25) is 0 Å². The molecule has 8 heteroatoms. The van der Waals surface area contributed by atoms with Gasteiger partial charge in [-0.3, -0.25) is 9.59 Å². The number of aromatic nitrogens is 2. The molecular formula is C23H27N5O3. The molecule has 1 fully saturated rings. The van der Waals surface area contributed by atoms with Gasteiger partial charge in [-0.15, -0.1) is 0 Å². The zero-order chi connectivity index (χ0) is 21.5. The van der Waals surface area contributed by atoms with Gasteiger partial charge in [0.25, 0.3) is 5.91 Å². The summed E-state index contributed by atoms with van der Waals surface area (Å²) in [6.45, 7) is 2.44. The van der Waals surface area contributed by atoms with Crippen LogP contribution >= 0.6 is 0 Å². The number of hydrogen-bond donors (Lipinski definition) is 2. The number of carbonyl (C=O) groups excluding carboxylic acids is 2. The summed E-state index contributed by atoms with van der Waals surface area (Å²) in [7, 11) is 0. The van der Waals surface area contributed by atoms with Gasteiger partial charge >= 0.3 is 0 Å². The van der Waals surface area contributed by atoms with E-state index >= 15 is 0 Å². The third-order valence-corrected chi connectivity index (χ3v) is 5.50. The first kappa shape index (κ1) is 21.0. The molecule has 8 nitrogen and oxygen atoms in total. The molecule has 0 radical (unpaired) electrons. The smallest absolute Gasteiger partial charge is 0.293 e. The van der Waals surface area contributed by atoms with Gasteiger partial charge in [0.1, 0.15) is 0 Å². The van der Waals surface area contributed by atoms with E-state index in [1.807, 2.05) is 30.3 Å². The first-order valence-electron chi connectivity index (χ1n) is 10.8. The minimum atomic E-state index is -0.188. The number of carbonyl (C=O) groups is 2. The van der Waals surface area contributed by atoms with Crippen molar-refractivity contribution in [1.82, 2.24) is 25.7 Å². The first-order valence-corrected chi connectivity index (χ1v) is 10.8. The van der Waals surface area contributed by atoms with Crippen molar-refractivity contribution in [2.45, 2.75) is 31.7 Å². The lowest BCUT2D eigenvalue weighted by Gasteiger charge is -2.21. The maximum absolute atomic E-state index is 13.1. The summed E-state index contributed by atoms with van der Waals surface area (Å²) in [5.41, 5.74) is 1.54. The summed E-state index contributed by atoms with van der Waals surface area (Å²) in [5, 5.41) is 11.0. The number of benzene rings is 1. The minimum Gasteiger partial charge on any atom is -0.356 e. The molecule has 0 saturated carbocycles. The summed E-state index contributed by atoms with van der Waals surface area (Å²) >= 11 is 0. The molecule has 1 unspecified atom stereocenters. The fourth-order valence-corrected chi connectivity index (χ4v) is 3.85. The lowest BCUT2D eigenvalue weighted by Crippen LogP contribution is -2.35. The topological polar surface area (TPSA) is 100 Å². The zero-order valence-corrected chi connectivity index (χ0v) is 17.4. The zero-order valence-electron chi connectivity index (χ0n) is 17.4. The molecule has 1 saturated heterocycles. The number of nitrogens with zero attached hydrogens (tertiary/aromatic N) is 3. The Labute approximate surface area is 181 Å². The van der Waals surface area contributed by atoms with Crippen LogP contribution in [0, 0.1) is 0 Å². The average molecular weight is 422 g/mol. The molecule has 2 aromatic heterocycles. The molecular weight excluding hydrogens is 394 g/mol. The fourth-order valence-electron chi connectivity index (χ4n) is 3.85. The summed E-state index contributed by atoms with van der Waals surface area (Å²) < 4.78 is 5.32. The van der Waals surface area contributed by atoms with Crippen molar-refractivity contribution in [3.05, 3.63) is 60.0 Å². The molecule has 1 aliphatic rings. The molecule has 2 N–H and O–H groups in total. The Morgan fingerprint density at radius 2 is 1.87 bits per heavy atom. The van der Waals surface area contributed by atoms with Crippen LogP contribution in [0.1, 0.15) is 47.8 Å². The van der Waals surface area contributed by atoms with E-state index in [-0.39, 0.29) is 23.6 Å². The molecule has 3 aromatic rings. The third-order valence-electron chi connectivity index (χ3n) is 5.50. The minimum absolute atomic E-state index is 0.00535. The first-order chi connectivity index (χ1) is 15.2. The van der Waals surface area contributed by atoms with Gasteiger partial charge < -0.3 is 20.1 Å². The van der Waals surface area contributed by atoms with Gasteiger partial charge in [-0.1, -0.05) is 35.5 Å². The maximum Gasteiger partial charge on any atom is 0.293 e. The quantitative estimate of drug-likeness (QED) is 0.660. The van der Waals surface area contributed by atoms with E-state index in [2.05, 4.69) is 20.8 Å². The summed E-state index contributed by atoms with van der Waals surface area (Å²) in [4.78, 5) is 31.5. The predicted molar refractivity (Wildman–Crippen MR) is 116 cm³/mol.